The van der Waals surface area contributed by atoms with E-state index in [1.165, 1.54) is 6.07 Å². The molecule has 0 bridgehead atoms. The Morgan fingerprint density at radius 2 is 2.29 bits per heavy atom. The van der Waals surface area contributed by atoms with Gasteiger partial charge in [0.25, 0.3) is 0 Å². The minimum Gasteiger partial charge on any atom is -0.379 e. The van der Waals surface area contributed by atoms with Crippen molar-refractivity contribution < 1.29 is 4.74 Å². The molecule has 0 fully saturated rings. The van der Waals surface area contributed by atoms with Crippen LogP contribution in [0.1, 0.15) is 19.4 Å². The van der Waals surface area contributed by atoms with Crippen molar-refractivity contribution in [2.24, 2.45) is 5.92 Å². The van der Waals surface area contributed by atoms with Gasteiger partial charge in [-0.1, -0.05) is 25.4 Å². The van der Waals surface area contributed by atoms with Gasteiger partial charge in [0.15, 0.2) is 0 Å². The maximum absolute atomic E-state index is 8.77. The smallest absolute Gasteiger partial charge is 0.132 e. The Morgan fingerprint density at radius 1 is 1.53 bits per heavy atom. The molecule has 0 aliphatic heterocycles. The predicted molar refractivity (Wildman–Crippen MR) is 68.1 cm³/mol. The predicted octanol–water partition coefficient (Wildman–Crippen LogP) is 2.69. The van der Waals surface area contributed by atoms with Gasteiger partial charge in [0.1, 0.15) is 11.0 Å². The van der Waals surface area contributed by atoms with Crippen LogP contribution >= 0.6 is 11.6 Å². The molecular formula is C12H16ClN3O. The summed E-state index contributed by atoms with van der Waals surface area (Å²) in [4.78, 5) is 4.06. The fraction of sp³-hybridized carbons (Fsp3) is 0.500. The van der Waals surface area contributed by atoms with E-state index in [0.29, 0.717) is 35.6 Å². The van der Waals surface area contributed by atoms with Gasteiger partial charge in [0.05, 0.1) is 18.2 Å². The van der Waals surface area contributed by atoms with Gasteiger partial charge in [-0.2, -0.15) is 5.26 Å². The van der Waals surface area contributed by atoms with E-state index in [2.05, 4.69) is 24.1 Å². The summed E-state index contributed by atoms with van der Waals surface area (Å²) in [7, 11) is 0. The van der Waals surface area contributed by atoms with Crippen molar-refractivity contribution in [1.82, 2.24) is 4.98 Å². The van der Waals surface area contributed by atoms with Crippen molar-refractivity contribution in [2.45, 2.75) is 13.8 Å². The zero-order valence-corrected chi connectivity index (χ0v) is 10.8. The highest BCUT2D eigenvalue weighted by Crippen LogP contribution is 2.13. The van der Waals surface area contributed by atoms with Crippen LogP contribution in [0.25, 0.3) is 0 Å². The third-order valence-electron chi connectivity index (χ3n) is 1.93. The van der Waals surface area contributed by atoms with Crippen LogP contribution in [0.15, 0.2) is 12.1 Å². The van der Waals surface area contributed by atoms with E-state index in [4.69, 9.17) is 21.6 Å². The highest BCUT2D eigenvalue weighted by Gasteiger charge is 2.00. The molecule has 5 heteroatoms. The van der Waals surface area contributed by atoms with Crippen LogP contribution in [0.3, 0.4) is 0 Å². The van der Waals surface area contributed by atoms with E-state index in [-0.39, 0.29) is 0 Å². The second kappa shape index (κ2) is 7.10. The third kappa shape index (κ3) is 5.53. The van der Waals surface area contributed by atoms with E-state index >= 15 is 0 Å². The second-order valence-electron chi connectivity index (χ2n) is 4.07. The van der Waals surface area contributed by atoms with Crippen LogP contribution < -0.4 is 5.32 Å². The van der Waals surface area contributed by atoms with Crippen molar-refractivity contribution in [3.63, 3.8) is 0 Å². The van der Waals surface area contributed by atoms with Gasteiger partial charge in [-0.3, -0.25) is 0 Å². The van der Waals surface area contributed by atoms with Gasteiger partial charge in [0.2, 0.25) is 0 Å². The number of hydrogen-bond acceptors (Lipinski definition) is 4. The Labute approximate surface area is 107 Å². The highest BCUT2D eigenvalue weighted by molar-refractivity contribution is 6.29. The first kappa shape index (κ1) is 13.8. The Hall–Kier alpha value is -1.31. The summed E-state index contributed by atoms with van der Waals surface area (Å²) < 4.78 is 5.42. The number of aromatic nitrogens is 1. The highest BCUT2D eigenvalue weighted by atomic mass is 35.5. The summed E-state index contributed by atoms with van der Waals surface area (Å²) in [6.45, 7) is 6.20. The van der Waals surface area contributed by atoms with Crippen LogP contribution in [0, 0.1) is 17.2 Å². The quantitative estimate of drug-likeness (QED) is 0.626. The topological polar surface area (TPSA) is 57.9 Å². The molecule has 17 heavy (non-hydrogen) atoms. The molecule has 1 heterocycles. The van der Waals surface area contributed by atoms with Crippen LogP contribution in [0.2, 0.25) is 5.15 Å². The lowest BCUT2D eigenvalue weighted by Crippen LogP contribution is -2.12. The van der Waals surface area contributed by atoms with Crippen LogP contribution in [-0.2, 0) is 4.74 Å². The van der Waals surface area contributed by atoms with Gasteiger partial charge in [-0.25, -0.2) is 4.98 Å². The number of nitriles is 1. The molecule has 0 aromatic carbocycles. The zero-order valence-electron chi connectivity index (χ0n) is 10.0. The number of nitrogens with zero attached hydrogens (tertiary/aromatic N) is 2. The standard InChI is InChI=1S/C12H16ClN3O/c1-9(2)8-17-4-3-15-12-6-10(7-14)5-11(13)16-12/h5-6,9H,3-4,8H2,1-2H3,(H,15,16). The summed E-state index contributed by atoms with van der Waals surface area (Å²) in [5, 5.41) is 12.1. The van der Waals surface area contributed by atoms with Crippen molar-refractivity contribution in [3.05, 3.63) is 22.8 Å². The Morgan fingerprint density at radius 3 is 2.94 bits per heavy atom. The van der Waals surface area contributed by atoms with E-state index in [0.717, 1.165) is 6.61 Å². The lowest BCUT2D eigenvalue weighted by molar-refractivity contribution is 0.118. The van der Waals surface area contributed by atoms with Crippen molar-refractivity contribution in [1.29, 1.82) is 5.26 Å². The average molecular weight is 254 g/mol. The summed E-state index contributed by atoms with van der Waals surface area (Å²) in [5.41, 5.74) is 0.496. The Balaban J connectivity index is 2.37. The second-order valence-corrected chi connectivity index (χ2v) is 4.46. The molecule has 0 atom stereocenters. The summed E-state index contributed by atoms with van der Waals surface area (Å²) in [5.74, 6) is 1.13. The summed E-state index contributed by atoms with van der Waals surface area (Å²) in [6, 6.07) is 5.22. The Kier molecular flexibility index (Phi) is 5.75. The molecule has 0 saturated heterocycles. The van der Waals surface area contributed by atoms with E-state index in [1.54, 1.807) is 6.07 Å². The average Bonchev–Trinajstić information content (AvgIpc) is 2.27. The van der Waals surface area contributed by atoms with Crippen LogP contribution in [0.4, 0.5) is 5.82 Å². The molecule has 0 unspecified atom stereocenters. The lowest BCUT2D eigenvalue weighted by atomic mass is 10.2. The maximum Gasteiger partial charge on any atom is 0.132 e. The zero-order chi connectivity index (χ0) is 12.7. The minimum atomic E-state index is 0.314. The molecule has 0 radical (unpaired) electrons. The number of ether oxygens (including phenoxy) is 1. The molecule has 0 aliphatic rings. The number of anilines is 1. The van der Waals surface area contributed by atoms with E-state index in [9.17, 15) is 0 Å². The molecule has 92 valence electrons. The van der Waals surface area contributed by atoms with E-state index < -0.39 is 0 Å². The molecule has 0 saturated carbocycles. The van der Waals surface area contributed by atoms with Crippen molar-refractivity contribution in [3.8, 4) is 6.07 Å². The molecule has 1 rings (SSSR count). The number of pyridine rings is 1. The fourth-order valence-electron chi connectivity index (χ4n) is 1.22. The first-order valence-corrected chi connectivity index (χ1v) is 5.89. The molecule has 0 aliphatic carbocycles. The number of nitrogens with one attached hydrogen (secondary N) is 1. The lowest BCUT2D eigenvalue weighted by Gasteiger charge is -2.08. The Bertz CT molecular complexity index is 401. The number of rotatable bonds is 6. The molecule has 1 aromatic rings. The summed E-state index contributed by atoms with van der Waals surface area (Å²) >= 11 is 5.78. The minimum absolute atomic E-state index is 0.314. The van der Waals surface area contributed by atoms with Gasteiger partial charge >= 0.3 is 0 Å². The van der Waals surface area contributed by atoms with Crippen LogP contribution in [-0.4, -0.2) is 24.7 Å². The first-order valence-electron chi connectivity index (χ1n) is 5.51. The normalized spacial score (nSPS) is 10.3. The number of hydrogen-bond donors (Lipinski definition) is 1. The third-order valence-corrected chi connectivity index (χ3v) is 2.12. The molecule has 4 nitrogen and oxygen atoms in total. The van der Waals surface area contributed by atoms with Gasteiger partial charge in [-0.15, -0.1) is 0 Å². The molecule has 1 aromatic heterocycles. The largest absolute Gasteiger partial charge is 0.379 e. The van der Waals surface area contributed by atoms with Crippen molar-refractivity contribution >= 4 is 17.4 Å². The summed E-state index contributed by atoms with van der Waals surface area (Å²) in [6.07, 6.45) is 0. The van der Waals surface area contributed by atoms with Crippen molar-refractivity contribution in [2.75, 3.05) is 25.1 Å². The van der Waals surface area contributed by atoms with Gasteiger partial charge in [-0.05, 0) is 18.1 Å². The first-order chi connectivity index (χ1) is 8.11. The SMILES string of the molecule is CC(C)COCCNc1cc(C#N)cc(Cl)n1. The molecule has 0 amide bonds. The van der Waals surface area contributed by atoms with Gasteiger partial charge < -0.3 is 10.1 Å². The molecule has 1 N–H and O–H groups in total. The van der Waals surface area contributed by atoms with Gasteiger partial charge in [0, 0.05) is 13.2 Å². The van der Waals surface area contributed by atoms with Crippen LogP contribution in [0.5, 0.6) is 0 Å². The maximum atomic E-state index is 8.77. The fourth-order valence-corrected chi connectivity index (χ4v) is 1.43. The number of halogens is 1. The molecular weight excluding hydrogens is 238 g/mol. The monoisotopic (exact) mass is 253 g/mol. The van der Waals surface area contributed by atoms with E-state index in [1.807, 2.05) is 6.07 Å². The molecule has 0 spiro atoms.